The number of ether oxygens (including phenoxy) is 1. The lowest BCUT2D eigenvalue weighted by molar-refractivity contribution is -0.118. The molecule has 3 aromatic carbocycles. The summed E-state index contributed by atoms with van der Waals surface area (Å²) in [5.74, 6) is -0.391. The second-order valence-electron chi connectivity index (χ2n) is 6.91. The Hall–Kier alpha value is -3.01. The smallest absolute Gasteiger partial charge is 0.270 e. The molecule has 0 aliphatic carbocycles. The number of nitrogens with one attached hydrogen (secondary N) is 1. The van der Waals surface area contributed by atoms with Gasteiger partial charge in [-0.15, -0.1) is 0 Å². The lowest BCUT2D eigenvalue weighted by Crippen LogP contribution is -2.27. The molecule has 166 valence electrons. The van der Waals surface area contributed by atoms with Crippen molar-refractivity contribution in [2.45, 2.75) is 0 Å². The van der Waals surface area contributed by atoms with Gasteiger partial charge in [0.15, 0.2) is 10.9 Å². The third kappa shape index (κ3) is 5.87. The number of thiocarbonyl (C=S) groups is 1. The lowest BCUT2D eigenvalue weighted by atomic mass is 10.2. The SMILES string of the molecule is O=C(COc1ccc(/C=C2\SC(=S)N(c3ccc(F)cc3)C2=O)cc1)Nc1ccc(Br)cc1. The molecule has 1 aliphatic rings. The van der Waals surface area contributed by atoms with Crippen LogP contribution >= 0.6 is 39.9 Å². The third-order valence-corrected chi connectivity index (χ3v) is 6.39. The molecule has 0 spiro atoms. The second-order valence-corrected chi connectivity index (χ2v) is 9.50. The zero-order valence-electron chi connectivity index (χ0n) is 17.0. The first-order valence-corrected chi connectivity index (χ1v) is 11.7. The van der Waals surface area contributed by atoms with Gasteiger partial charge in [-0.05, 0) is 72.3 Å². The predicted octanol–water partition coefficient (Wildman–Crippen LogP) is 6.01. The maximum Gasteiger partial charge on any atom is 0.270 e. The first-order valence-electron chi connectivity index (χ1n) is 9.71. The third-order valence-electron chi connectivity index (χ3n) is 4.55. The van der Waals surface area contributed by atoms with Crippen LogP contribution in [-0.4, -0.2) is 22.7 Å². The number of nitrogens with zero attached hydrogens (tertiary/aromatic N) is 1. The molecule has 4 rings (SSSR count). The number of rotatable bonds is 6. The minimum atomic E-state index is -0.382. The molecule has 9 heteroatoms. The number of halogens is 2. The molecule has 0 radical (unpaired) electrons. The molecule has 1 N–H and O–H groups in total. The molecule has 0 unspecified atom stereocenters. The van der Waals surface area contributed by atoms with Crippen molar-refractivity contribution in [2.75, 3.05) is 16.8 Å². The summed E-state index contributed by atoms with van der Waals surface area (Å²) >= 11 is 9.86. The summed E-state index contributed by atoms with van der Waals surface area (Å²) in [4.78, 5) is 26.7. The molecule has 3 aromatic rings. The minimum absolute atomic E-state index is 0.133. The topological polar surface area (TPSA) is 58.6 Å². The van der Waals surface area contributed by atoms with Crippen molar-refractivity contribution in [3.63, 3.8) is 0 Å². The Bertz CT molecular complexity index is 1230. The highest BCUT2D eigenvalue weighted by molar-refractivity contribution is 9.10. The highest BCUT2D eigenvalue weighted by Gasteiger charge is 2.33. The number of carbonyl (C=O) groups is 2. The van der Waals surface area contributed by atoms with Crippen LogP contribution in [0.15, 0.2) is 82.2 Å². The van der Waals surface area contributed by atoms with E-state index in [1.807, 2.05) is 12.1 Å². The zero-order chi connectivity index (χ0) is 23.4. The number of carbonyl (C=O) groups excluding carboxylic acids is 2. The number of benzene rings is 3. The van der Waals surface area contributed by atoms with Gasteiger partial charge >= 0.3 is 0 Å². The maximum absolute atomic E-state index is 13.2. The number of hydrogen-bond donors (Lipinski definition) is 1. The van der Waals surface area contributed by atoms with Gasteiger partial charge in [0, 0.05) is 10.2 Å². The Morgan fingerprint density at radius 2 is 1.73 bits per heavy atom. The molecule has 1 saturated heterocycles. The summed E-state index contributed by atoms with van der Waals surface area (Å²) in [6, 6.07) is 19.9. The molecular weight excluding hydrogens is 527 g/mol. The van der Waals surface area contributed by atoms with Gasteiger partial charge in [0.2, 0.25) is 0 Å². The van der Waals surface area contributed by atoms with Crippen LogP contribution in [0.5, 0.6) is 5.75 Å². The molecule has 5 nitrogen and oxygen atoms in total. The van der Waals surface area contributed by atoms with E-state index in [-0.39, 0.29) is 24.2 Å². The van der Waals surface area contributed by atoms with Gasteiger partial charge in [0.1, 0.15) is 11.6 Å². The Labute approximate surface area is 207 Å². The molecule has 1 heterocycles. The summed E-state index contributed by atoms with van der Waals surface area (Å²) in [6.07, 6.45) is 1.73. The first-order chi connectivity index (χ1) is 15.9. The number of thioether (sulfide) groups is 1. The fraction of sp³-hybridized carbons (Fsp3) is 0.0417. The standard InChI is InChI=1S/C24H16BrFN2O3S2/c25-16-3-7-18(8-4-16)27-22(29)14-31-20-11-1-15(2-12-20)13-21-23(30)28(24(32)33-21)19-9-5-17(26)6-10-19/h1-13H,14H2,(H,27,29)/b21-13-. The lowest BCUT2D eigenvalue weighted by Gasteiger charge is -2.14. The number of hydrogen-bond acceptors (Lipinski definition) is 5. The van der Waals surface area contributed by atoms with Gasteiger partial charge in [-0.2, -0.15) is 0 Å². The molecule has 0 bridgehead atoms. The second kappa shape index (κ2) is 10.3. The quantitative estimate of drug-likeness (QED) is 0.305. The summed E-state index contributed by atoms with van der Waals surface area (Å²) in [5, 5.41) is 2.76. The van der Waals surface area contributed by atoms with Crippen LogP contribution in [0, 0.1) is 5.82 Å². The Morgan fingerprint density at radius 3 is 2.39 bits per heavy atom. The Kier molecular flexibility index (Phi) is 7.22. The van der Waals surface area contributed by atoms with E-state index >= 15 is 0 Å². The van der Waals surface area contributed by atoms with E-state index in [0.29, 0.717) is 26.3 Å². The van der Waals surface area contributed by atoms with Crippen LogP contribution in [0.2, 0.25) is 0 Å². The molecule has 1 aliphatic heterocycles. The van der Waals surface area contributed by atoms with Crippen LogP contribution in [-0.2, 0) is 9.59 Å². The summed E-state index contributed by atoms with van der Waals surface area (Å²) in [5.41, 5.74) is 1.98. The van der Waals surface area contributed by atoms with E-state index in [2.05, 4.69) is 21.2 Å². The van der Waals surface area contributed by atoms with E-state index in [0.717, 1.165) is 10.0 Å². The Balaban J connectivity index is 1.36. The van der Waals surface area contributed by atoms with Crippen molar-refractivity contribution in [1.29, 1.82) is 0 Å². The van der Waals surface area contributed by atoms with Crippen molar-refractivity contribution in [3.8, 4) is 5.75 Å². The molecule has 33 heavy (non-hydrogen) atoms. The van der Waals surface area contributed by atoms with Crippen molar-refractivity contribution in [3.05, 3.63) is 93.6 Å². The first kappa shape index (κ1) is 23.2. The summed E-state index contributed by atoms with van der Waals surface area (Å²) in [7, 11) is 0. The van der Waals surface area contributed by atoms with Crippen molar-refractivity contribution in [2.24, 2.45) is 0 Å². The average Bonchev–Trinajstić information content (AvgIpc) is 3.08. The number of amides is 2. The van der Waals surface area contributed by atoms with Crippen LogP contribution in [0.4, 0.5) is 15.8 Å². The van der Waals surface area contributed by atoms with E-state index in [1.165, 1.54) is 40.9 Å². The molecular formula is C24H16BrFN2O3S2. The normalized spacial score (nSPS) is 14.6. The molecule has 1 fully saturated rings. The molecule has 0 atom stereocenters. The van der Waals surface area contributed by atoms with Crippen LogP contribution in [0.25, 0.3) is 6.08 Å². The Morgan fingerprint density at radius 1 is 1.06 bits per heavy atom. The number of anilines is 2. The predicted molar refractivity (Wildman–Crippen MR) is 137 cm³/mol. The molecule has 2 amide bonds. The van der Waals surface area contributed by atoms with Crippen molar-refractivity contribution >= 4 is 73.5 Å². The van der Waals surface area contributed by atoms with E-state index in [4.69, 9.17) is 17.0 Å². The van der Waals surface area contributed by atoms with Gasteiger partial charge in [0.05, 0.1) is 10.6 Å². The van der Waals surface area contributed by atoms with Crippen molar-refractivity contribution in [1.82, 2.24) is 0 Å². The molecule has 0 aromatic heterocycles. The fourth-order valence-corrected chi connectivity index (χ4v) is 4.53. The van der Waals surface area contributed by atoms with Crippen LogP contribution in [0.3, 0.4) is 0 Å². The van der Waals surface area contributed by atoms with E-state index < -0.39 is 0 Å². The van der Waals surface area contributed by atoms with Gasteiger partial charge in [-0.1, -0.05) is 52.0 Å². The van der Waals surface area contributed by atoms with E-state index in [9.17, 15) is 14.0 Å². The highest BCUT2D eigenvalue weighted by Crippen LogP contribution is 2.36. The molecule has 0 saturated carbocycles. The average molecular weight is 543 g/mol. The van der Waals surface area contributed by atoms with Gasteiger partial charge in [-0.3, -0.25) is 14.5 Å². The van der Waals surface area contributed by atoms with Gasteiger partial charge < -0.3 is 10.1 Å². The zero-order valence-corrected chi connectivity index (χ0v) is 20.2. The largest absolute Gasteiger partial charge is 0.484 e. The summed E-state index contributed by atoms with van der Waals surface area (Å²) in [6.45, 7) is -0.133. The van der Waals surface area contributed by atoms with Gasteiger partial charge in [-0.25, -0.2) is 4.39 Å². The monoisotopic (exact) mass is 542 g/mol. The van der Waals surface area contributed by atoms with Crippen LogP contribution in [0.1, 0.15) is 5.56 Å². The van der Waals surface area contributed by atoms with Crippen LogP contribution < -0.4 is 15.0 Å². The highest BCUT2D eigenvalue weighted by atomic mass is 79.9. The minimum Gasteiger partial charge on any atom is -0.484 e. The summed E-state index contributed by atoms with van der Waals surface area (Å²) < 4.78 is 20.0. The van der Waals surface area contributed by atoms with Crippen molar-refractivity contribution < 1.29 is 18.7 Å². The van der Waals surface area contributed by atoms with Gasteiger partial charge in [0.25, 0.3) is 11.8 Å². The van der Waals surface area contributed by atoms with E-state index in [1.54, 1.807) is 42.5 Å². The fourth-order valence-electron chi connectivity index (χ4n) is 2.97. The maximum atomic E-state index is 13.2.